The van der Waals surface area contributed by atoms with E-state index in [1.54, 1.807) is 0 Å². The van der Waals surface area contributed by atoms with Crippen LogP contribution < -0.4 is 16.0 Å². The number of esters is 1. The molecule has 0 spiro atoms. The maximum absolute atomic E-state index is 11.8. The Bertz CT molecular complexity index is 529. The van der Waals surface area contributed by atoms with Crippen molar-refractivity contribution in [2.24, 2.45) is 5.92 Å². The third-order valence-corrected chi connectivity index (χ3v) is 4.27. The van der Waals surface area contributed by atoms with Crippen LogP contribution in [0.25, 0.3) is 0 Å². The third kappa shape index (κ3) is 4.24. The summed E-state index contributed by atoms with van der Waals surface area (Å²) < 4.78 is 5.10. The van der Waals surface area contributed by atoms with Gasteiger partial charge in [0.25, 0.3) is 0 Å². The van der Waals surface area contributed by atoms with Crippen molar-refractivity contribution in [1.29, 1.82) is 0 Å². The summed E-state index contributed by atoms with van der Waals surface area (Å²) in [6.45, 7) is 7.95. The monoisotopic (exact) mass is 321 g/mol. The maximum atomic E-state index is 11.8. The highest BCUT2D eigenvalue weighted by molar-refractivity contribution is 5.76. The molecule has 1 aliphatic heterocycles. The van der Waals surface area contributed by atoms with E-state index in [0.717, 1.165) is 38.2 Å². The molecule has 0 radical (unpaired) electrons. The molecule has 7 heteroatoms. The van der Waals surface area contributed by atoms with Crippen LogP contribution in [0.5, 0.6) is 0 Å². The van der Waals surface area contributed by atoms with Crippen LogP contribution in [0.1, 0.15) is 40.0 Å². The van der Waals surface area contributed by atoms with E-state index in [2.05, 4.69) is 34.0 Å². The second kappa shape index (κ2) is 7.99. The number of rotatable bonds is 6. The molecule has 1 aliphatic rings. The maximum Gasteiger partial charge on any atom is 0.309 e. The standard InChI is InChI=1S/C16H27N5O2/c1-4-11(3)20-14-13(17)15(19-10-18-14)21-8-6-12(7-9-21)16(22)23-5-2/h10-12H,4-9,17H2,1-3H3,(H,18,19,20). The number of nitrogens with two attached hydrogens (primary N) is 1. The fourth-order valence-electron chi connectivity index (χ4n) is 2.68. The van der Waals surface area contributed by atoms with Crippen LogP contribution in [-0.4, -0.2) is 41.7 Å². The molecule has 7 nitrogen and oxygen atoms in total. The molecule has 1 fully saturated rings. The Hall–Kier alpha value is -2.05. The molecule has 0 bridgehead atoms. The Morgan fingerprint density at radius 3 is 2.74 bits per heavy atom. The number of hydrogen-bond acceptors (Lipinski definition) is 7. The first-order valence-electron chi connectivity index (χ1n) is 8.35. The summed E-state index contributed by atoms with van der Waals surface area (Å²) in [6.07, 6.45) is 4.05. The molecule has 23 heavy (non-hydrogen) atoms. The first kappa shape index (κ1) is 17.3. The number of hydrogen-bond donors (Lipinski definition) is 2. The van der Waals surface area contributed by atoms with Crippen molar-refractivity contribution in [1.82, 2.24) is 9.97 Å². The predicted molar refractivity (Wildman–Crippen MR) is 91.4 cm³/mol. The Balaban J connectivity index is 2.03. The van der Waals surface area contributed by atoms with Gasteiger partial charge in [0.1, 0.15) is 12.0 Å². The van der Waals surface area contributed by atoms with E-state index in [1.807, 2.05) is 6.92 Å². The van der Waals surface area contributed by atoms with Gasteiger partial charge in [-0.2, -0.15) is 0 Å². The van der Waals surface area contributed by atoms with Gasteiger partial charge in [0.2, 0.25) is 0 Å². The summed E-state index contributed by atoms with van der Waals surface area (Å²) in [5, 5.41) is 3.31. The highest BCUT2D eigenvalue weighted by Crippen LogP contribution is 2.30. The van der Waals surface area contributed by atoms with Crippen molar-refractivity contribution in [3.05, 3.63) is 6.33 Å². The van der Waals surface area contributed by atoms with Gasteiger partial charge in [-0.3, -0.25) is 4.79 Å². The smallest absolute Gasteiger partial charge is 0.309 e. The minimum Gasteiger partial charge on any atom is -0.466 e. The lowest BCUT2D eigenvalue weighted by Crippen LogP contribution is -2.38. The molecule has 0 aromatic carbocycles. The first-order valence-corrected chi connectivity index (χ1v) is 8.35. The molecule has 0 amide bonds. The highest BCUT2D eigenvalue weighted by atomic mass is 16.5. The number of nitrogens with one attached hydrogen (secondary N) is 1. The second-order valence-electron chi connectivity index (χ2n) is 5.93. The SMILES string of the molecule is CCOC(=O)C1CCN(c2ncnc(NC(C)CC)c2N)CC1. The predicted octanol–water partition coefficient (Wildman–Crippen LogP) is 2.05. The van der Waals surface area contributed by atoms with Crippen LogP contribution >= 0.6 is 0 Å². The van der Waals surface area contributed by atoms with Crippen molar-refractivity contribution in [2.45, 2.75) is 46.1 Å². The average molecular weight is 321 g/mol. The van der Waals surface area contributed by atoms with E-state index >= 15 is 0 Å². The lowest BCUT2D eigenvalue weighted by molar-refractivity contribution is -0.148. The molecule has 1 aromatic heterocycles. The number of carbonyl (C=O) groups excluding carboxylic acids is 1. The topological polar surface area (TPSA) is 93.4 Å². The molecule has 1 aromatic rings. The fourth-order valence-corrected chi connectivity index (χ4v) is 2.68. The number of carbonyl (C=O) groups is 1. The number of ether oxygens (including phenoxy) is 1. The molecule has 0 aliphatic carbocycles. The molecule has 128 valence electrons. The zero-order valence-corrected chi connectivity index (χ0v) is 14.2. The van der Waals surface area contributed by atoms with Gasteiger partial charge in [0.05, 0.1) is 12.5 Å². The number of nitrogens with zero attached hydrogens (tertiary/aromatic N) is 3. The van der Waals surface area contributed by atoms with Crippen LogP contribution in [0.15, 0.2) is 6.33 Å². The zero-order valence-electron chi connectivity index (χ0n) is 14.2. The molecule has 3 N–H and O–H groups in total. The highest BCUT2D eigenvalue weighted by Gasteiger charge is 2.27. The number of piperidine rings is 1. The molecule has 1 saturated heterocycles. The summed E-state index contributed by atoms with van der Waals surface area (Å²) in [5.41, 5.74) is 6.81. The summed E-state index contributed by atoms with van der Waals surface area (Å²) in [6, 6.07) is 0.301. The van der Waals surface area contributed by atoms with E-state index in [0.29, 0.717) is 24.2 Å². The molecule has 1 atom stereocenters. The molecule has 2 rings (SSSR count). The van der Waals surface area contributed by atoms with Gasteiger partial charge < -0.3 is 20.7 Å². The largest absolute Gasteiger partial charge is 0.466 e. The molecular formula is C16H27N5O2. The lowest BCUT2D eigenvalue weighted by Gasteiger charge is -2.32. The molecule has 1 unspecified atom stereocenters. The van der Waals surface area contributed by atoms with Crippen LogP contribution in [0.3, 0.4) is 0 Å². The fraction of sp³-hybridized carbons (Fsp3) is 0.688. The summed E-state index contributed by atoms with van der Waals surface area (Å²) in [7, 11) is 0. The van der Waals surface area contributed by atoms with E-state index in [4.69, 9.17) is 10.5 Å². The summed E-state index contributed by atoms with van der Waals surface area (Å²) in [4.78, 5) is 22.5. The van der Waals surface area contributed by atoms with Crippen LogP contribution in [0, 0.1) is 5.92 Å². The van der Waals surface area contributed by atoms with E-state index in [-0.39, 0.29) is 11.9 Å². The quantitative estimate of drug-likeness (QED) is 0.774. The van der Waals surface area contributed by atoms with Crippen molar-refractivity contribution in [2.75, 3.05) is 35.6 Å². The van der Waals surface area contributed by atoms with E-state index in [9.17, 15) is 4.79 Å². The molecular weight excluding hydrogens is 294 g/mol. The van der Waals surface area contributed by atoms with Crippen molar-refractivity contribution >= 4 is 23.3 Å². The van der Waals surface area contributed by atoms with Gasteiger partial charge in [0.15, 0.2) is 11.6 Å². The average Bonchev–Trinajstić information content (AvgIpc) is 2.57. The van der Waals surface area contributed by atoms with Crippen LogP contribution in [-0.2, 0) is 9.53 Å². The first-order chi connectivity index (χ1) is 11.1. The molecule has 0 saturated carbocycles. The lowest BCUT2D eigenvalue weighted by atomic mass is 9.97. The molecule has 2 heterocycles. The Morgan fingerprint density at radius 1 is 1.43 bits per heavy atom. The second-order valence-corrected chi connectivity index (χ2v) is 5.93. The van der Waals surface area contributed by atoms with Gasteiger partial charge in [-0.05, 0) is 33.1 Å². The van der Waals surface area contributed by atoms with Crippen LogP contribution in [0.2, 0.25) is 0 Å². The van der Waals surface area contributed by atoms with Crippen molar-refractivity contribution < 1.29 is 9.53 Å². The van der Waals surface area contributed by atoms with Gasteiger partial charge >= 0.3 is 5.97 Å². The minimum atomic E-state index is -0.0954. The van der Waals surface area contributed by atoms with Gasteiger partial charge in [0, 0.05) is 19.1 Å². The van der Waals surface area contributed by atoms with Crippen molar-refractivity contribution in [3.8, 4) is 0 Å². The minimum absolute atomic E-state index is 0.0213. The summed E-state index contributed by atoms with van der Waals surface area (Å²) >= 11 is 0. The Kier molecular flexibility index (Phi) is 6.01. The summed E-state index contributed by atoms with van der Waals surface area (Å²) in [5.74, 6) is 1.30. The van der Waals surface area contributed by atoms with Crippen molar-refractivity contribution in [3.63, 3.8) is 0 Å². The third-order valence-electron chi connectivity index (χ3n) is 4.27. The van der Waals surface area contributed by atoms with Gasteiger partial charge in [-0.15, -0.1) is 0 Å². The zero-order chi connectivity index (χ0) is 16.8. The Labute approximate surface area is 137 Å². The van der Waals surface area contributed by atoms with E-state index < -0.39 is 0 Å². The van der Waals surface area contributed by atoms with Crippen LogP contribution in [0.4, 0.5) is 17.3 Å². The van der Waals surface area contributed by atoms with E-state index in [1.165, 1.54) is 6.33 Å². The number of aromatic nitrogens is 2. The Morgan fingerprint density at radius 2 is 2.13 bits per heavy atom. The normalized spacial score (nSPS) is 16.9. The number of nitrogen functional groups attached to an aromatic ring is 1. The van der Waals surface area contributed by atoms with Gasteiger partial charge in [-0.25, -0.2) is 9.97 Å². The number of anilines is 3. The van der Waals surface area contributed by atoms with Gasteiger partial charge in [-0.1, -0.05) is 6.92 Å².